The minimum absolute atomic E-state index is 0.173. The molecule has 1 aliphatic carbocycles. The third-order valence-corrected chi connectivity index (χ3v) is 14.8. The molecule has 0 N–H and O–H groups in total. The van der Waals surface area contributed by atoms with E-state index < -0.39 is 0 Å². The van der Waals surface area contributed by atoms with Crippen molar-refractivity contribution in [2.75, 3.05) is 9.80 Å². The van der Waals surface area contributed by atoms with Gasteiger partial charge in [-0.2, -0.15) is 0 Å². The second kappa shape index (κ2) is 16.0. The normalized spacial score (nSPS) is 13.0. The zero-order valence-electron chi connectivity index (χ0n) is 39.3. The fraction of sp³-hybridized carbons (Fsp3) is 0.0448. The molecule has 336 valence electrons. The Morgan fingerprint density at radius 2 is 0.676 bits per heavy atom. The molecule has 0 radical (unpaired) electrons. The predicted molar refractivity (Wildman–Crippen MR) is 293 cm³/mol. The van der Waals surface area contributed by atoms with Crippen molar-refractivity contribution in [2.24, 2.45) is 0 Å². The third kappa shape index (κ3) is 6.60. The van der Waals surface area contributed by atoms with Crippen molar-refractivity contribution in [3.63, 3.8) is 0 Å². The molecule has 0 fully saturated rings. The highest BCUT2D eigenvalue weighted by Gasteiger charge is 2.36. The van der Waals surface area contributed by atoms with Crippen molar-refractivity contribution in [1.82, 2.24) is 0 Å². The molecule has 4 nitrogen and oxygen atoms in total. The quantitative estimate of drug-likeness (QED) is 0.152. The van der Waals surface area contributed by atoms with Gasteiger partial charge >= 0.3 is 0 Å². The highest BCUT2D eigenvalue weighted by atomic mass is 16.5. The van der Waals surface area contributed by atoms with Crippen molar-refractivity contribution in [3.05, 3.63) is 254 Å². The first-order chi connectivity index (χ1) is 34.9. The standard InChI is InChI=1S/C67H46N2O2/c1-67(2)59-26-16-15-25-53(59)54-30-27-49(40-60(54)67)69(52-38-45(43-17-7-3-8-18-43)37-46(39-52)44-19-9-4-10-20-44)51-29-32-56-58-34-35-61-65-57(33-36-62(66(58)65)71-64(56)42-51)55-31-28-50(41-63(55)70-61)68(47-21-11-5-12-22-47)48-23-13-6-14-24-48/h3-42H,1-2H3. The smallest absolute Gasteiger partial charge is 0.137 e. The van der Waals surface area contributed by atoms with Gasteiger partial charge in [0.05, 0.1) is 0 Å². The van der Waals surface area contributed by atoms with E-state index in [2.05, 4.69) is 266 Å². The molecule has 11 aromatic carbocycles. The first kappa shape index (κ1) is 40.9. The van der Waals surface area contributed by atoms with Crippen LogP contribution in [-0.2, 0) is 5.41 Å². The van der Waals surface area contributed by atoms with Crippen molar-refractivity contribution in [3.8, 4) is 78.6 Å². The summed E-state index contributed by atoms with van der Waals surface area (Å²) >= 11 is 0. The van der Waals surface area contributed by atoms with Crippen molar-refractivity contribution < 1.29 is 9.47 Å². The molecule has 2 aliphatic heterocycles. The minimum Gasteiger partial charge on any atom is -0.456 e. The van der Waals surface area contributed by atoms with Gasteiger partial charge in [0, 0.05) is 73.6 Å². The van der Waals surface area contributed by atoms with Crippen LogP contribution in [0.3, 0.4) is 0 Å². The molecule has 71 heavy (non-hydrogen) atoms. The van der Waals surface area contributed by atoms with Gasteiger partial charge in [-0.3, -0.25) is 0 Å². The van der Waals surface area contributed by atoms with Crippen LogP contribution in [0.1, 0.15) is 25.0 Å². The maximum Gasteiger partial charge on any atom is 0.137 e. The van der Waals surface area contributed by atoms with Gasteiger partial charge in [0.2, 0.25) is 0 Å². The van der Waals surface area contributed by atoms with Gasteiger partial charge in [-0.15, -0.1) is 0 Å². The predicted octanol–water partition coefficient (Wildman–Crippen LogP) is 19.0. The first-order valence-corrected chi connectivity index (χ1v) is 24.4. The zero-order valence-corrected chi connectivity index (χ0v) is 39.3. The maximum atomic E-state index is 7.07. The summed E-state index contributed by atoms with van der Waals surface area (Å²) in [5.41, 5.74) is 20.4. The van der Waals surface area contributed by atoms with Crippen LogP contribution in [0.25, 0.3) is 66.4 Å². The van der Waals surface area contributed by atoms with E-state index in [0.29, 0.717) is 0 Å². The van der Waals surface area contributed by atoms with Crippen LogP contribution in [0.4, 0.5) is 34.1 Å². The van der Waals surface area contributed by atoms with Gasteiger partial charge in [0.25, 0.3) is 0 Å². The molecular weight excluding hydrogens is 865 g/mol. The molecule has 3 aliphatic rings. The summed E-state index contributed by atoms with van der Waals surface area (Å²) in [6.07, 6.45) is 0. The van der Waals surface area contributed by atoms with Crippen molar-refractivity contribution in [1.29, 1.82) is 0 Å². The summed E-state index contributed by atoms with van der Waals surface area (Å²) in [7, 11) is 0. The highest BCUT2D eigenvalue weighted by Crippen LogP contribution is 2.57. The van der Waals surface area contributed by atoms with Crippen LogP contribution in [0, 0.1) is 0 Å². The average Bonchev–Trinajstić information content (AvgIpc) is 3.65. The Kier molecular flexibility index (Phi) is 9.21. The Hall–Kier alpha value is -9.12. The van der Waals surface area contributed by atoms with Gasteiger partial charge in [-0.25, -0.2) is 0 Å². The molecule has 11 aromatic rings. The molecule has 0 atom stereocenters. The fourth-order valence-electron chi connectivity index (χ4n) is 11.4. The lowest BCUT2D eigenvalue weighted by molar-refractivity contribution is 0.480. The van der Waals surface area contributed by atoms with Crippen molar-refractivity contribution >= 4 is 44.9 Å². The molecule has 0 amide bonds. The van der Waals surface area contributed by atoms with E-state index in [1.165, 1.54) is 22.3 Å². The topological polar surface area (TPSA) is 24.9 Å². The Morgan fingerprint density at radius 3 is 1.20 bits per heavy atom. The number of fused-ring (bicyclic) bond motifs is 7. The van der Waals surface area contributed by atoms with E-state index in [1.54, 1.807) is 0 Å². The molecule has 0 bridgehead atoms. The molecule has 0 aromatic heterocycles. The fourth-order valence-corrected chi connectivity index (χ4v) is 11.4. The average molecular weight is 911 g/mol. The summed E-state index contributed by atoms with van der Waals surface area (Å²) in [5, 5.41) is 2.12. The van der Waals surface area contributed by atoms with Crippen LogP contribution in [0.15, 0.2) is 243 Å². The maximum absolute atomic E-state index is 7.07. The number of hydrogen-bond donors (Lipinski definition) is 0. The van der Waals surface area contributed by atoms with E-state index in [0.717, 1.165) is 112 Å². The van der Waals surface area contributed by atoms with Crippen LogP contribution in [0.2, 0.25) is 0 Å². The molecule has 0 saturated carbocycles. The Bertz CT molecular complexity index is 3810. The number of rotatable bonds is 8. The minimum atomic E-state index is -0.173. The lowest BCUT2D eigenvalue weighted by atomic mass is 9.82. The highest BCUT2D eigenvalue weighted by molar-refractivity contribution is 6.14. The zero-order chi connectivity index (χ0) is 47.2. The lowest BCUT2D eigenvalue weighted by Gasteiger charge is -2.31. The van der Waals surface area contributed by atoms with Crippen molar-refractivity contribution in [2.45, 2.75) is 19.3 Å². The lowest BCUT2D eigenvalue weighted by Crippen LogP contribution is -2.16. The molecule has 0 spiro atoms. The number of benzene rings is 11. The number of ether oxygens (including phenoxy) is 2. The number of hydrogen-bond acceptors (Lipinski definition) is 4. The van der Waals surface area contributed by atoms with Gasteiger partial charge < -0.3 is 19.3 Å². The van der Waals surface area contributed by atoms with Crippen LogP contribution in [-0.4, -0.2) is 0 Å². The summed E-state index contributed by atoms with van der Waals surface area (Å²) in [5.74, 6) is 3.26. The molecular formula is C67H46N2O2. The number of nitrogens with zero attached hydrogens (tertiary/aromatic N) is 2. The van der Waals surface area contributed by atoms with E-state index in [4.69, 9.17) is 9.47 Å². The molecule has 14 rings (SSSR count). The SMILES string of the molecule is CC1(C)c2ccccc2-c2ccc(N(c3cc(-c4ccccc4)cc(-c4ccccc4)c3)c3ccc4c(c3)Oc3ccc5c6c(ccc-4c36)Oc3cc(N(c4ccccc4)c4ccccc4)ccc3-5)cc21. The van der Waals surface area contributed by atoms with Gasteiger partial charge in [0.1, 0.15) is 23.0 Å². The second-order valence-electron chi connectivity index (χ2n) is 19.3. The Morgan fingerprint density at radius 1 is 0.268 bits per heavy atom. The summed E-state index contributed by atoms with van der Waals surface area (Å²) in [6.45, 7) is 4.70. The van der Waals surface area contributed by atoms with Gasteiger partial charge in [-0.05, 0) is 159 Å². The second-order valence-corrected chi connectivity index (χ2v) is 19.3. The van der Waals surface area contributed by atoms with E-state index in [9.17, 15) is 0 Å². The van der Waals surface area contributed by atoms with Crippen LogP contribution in [0.5, 0.6) is 23.0 Å². The summed E-state index contributed by atoms with van der Waals surface area (Å²) in [6, 6.07) is 87.1. The molecule has 0 unspecified atom stereocenters. The van der Waals surface area contributed by atoms with Crippen LogP contribution >= 0.6 is 0 Å². The largest absolute Gasteiger partial charge is 0.456 e. The van der Waals surface area contributed by atoms with E-state index in [1.807, 2.05) is 0 Å². The first-order valence-electron chi connectivity index (χ1n) is 24.4. The van der Waals surface area contributed by atoms with Gasteiger partial charge in [0.15, 0.2) is 0 Å². The summed E-state index contributed by atoms with van der Waals surface area (Å²) < 4.78 is 14.0. The monoisotopic (exact) mass is 910 g/mol. The number of anilines is 6. The molecule has 0 saturated heterocycles. The van der Waals surface area contributed by atoms with E-state index >= 15 is 0 Å². The van der Waals surface area contributed by atoms with E-state index in [-0.39, 0.29) is 5.41 Å². The van der Waals surface area contributed by atoms with Gasteiger partial charge in [-0.1, -0.05) is 141 Å². The Balaban J connectivity index is 0.903. The summed E-state index contributed by atoms with van der Waals surface area (Å²) in [4.78, 5) is 4.68. The third-order valence-electron chi connectivity index (χ3n) is 14.8. The van der Waals surface area contributed by atoms with Crippen LogP contribution < -0.4 is 19.3 Å². The number of para-hydroxylation sites is 2. The molecule has 4 heteroatoms. The molecule has 2 heterocycles. The Labute approximate surface area is 413 Å².